The lowest BCUT2D eigenvalue weighted by atomic mass is 10.1. The van der Waals surface area contributed by atoms with Gasteiger partial charge in [-0.3, -0.25) is 9.59 Å². The number of likely N-dealkylation sites (tertiary alicyclic amines) is 1. The summed E-state index contributed by atoms with van der Waals surface area (Å²) in [7, 11) is 0. The highest BCUT2D eigenvalue weighted by atomic mass is 35.5. The minimum Gasteiger partial charge on any atom is -0.351 e. The second-order valence-corrected chi connectivity index (χ2v) is 10.0. The van der Waals surface area contributed by atoms with Crippen LogP contribution in [0, 0.1) is 5.92 Å². The lowest BCUT2D eigenvalue weighted by Gasteiger charge is -2.26. The molecule has 2 amide bonds. The van der Waals surface area contributed by atoms with E-state index in [1.807, 2.05) is 12.1 Å². The van der Waals surface area contributed by atoms with Crippen LogP contribution in [0.5, 0.6) is 0 Å². The zero-order valence-electron chi connectivity index (χ0n) is 18.3. The molecule has 0 spiro atoms. The molecule has 0 atom stereocenters. The number of hydrogen-bond donors (Lipinski definition) is 2. The first-order chi connectivity index (χ1) is 16.1. The average molecular weight is 484 g/mol. The molecule has 0 bridgehead atoms. The quantitative estimate of drug-likeness (QED) is 0.513. The minimum atomic E-state index is -0.117. The zero-order chi connectivity index (χ0) is 22.8. The molecule has 3 heterocycles. The summed E-state index contributed by atoms with van der Waals surface area (Å²) in [4.78, 5) is 37.0. The SMILES string of the molecule is O=C(NCCN1CCCCC1)c1ccc(Cl)c(-c2ccc3nc(NC(=O)C4CC4)sc3n2)c1. The van der Waals surface area contributed by atoms with Gasteiger partial charge in [-0.25, -0.2) is 9.97 Å². The fraction of sp³-hybridized carbons (Fsp3) is 0.417. The minimum absolute atomic E-state index is 0.0244. The van der Waals surface area contributed by atoms with Crippen LogP contribution in [-0.4, -0.2) is 52.9 Å². The summed E-state index contributed by atoms with van der Waals surface area (Å²) >= 11 is 7.80. The van der Waals surface area contributed by atoms with Gasteiger partial charge in [0.15, 0.2) is 5.13 Å². The number of amides is 2. The highest BCUT2D eigenvalue weighted by Gasteiger charge is 2.30. The predicted octanol–water partition coefficient (Wildman–Crippen LogP) is 4.58. The maximum absolute atomic E-state index is 12.7. The maximum Gasteiger partial charge on any atom is 0.251 e. The maximum atomic E-state index is 12.7. The number of aromatic nitrogens is 2. The topological polar surface area (TPSA) is 87.2 Å². The van der Waals surface area contributed by atoms with Crippen molar-refractivity contribution >= 4 is 50.2 Å². The van der Waals surface area contributed by atoms with Gasteiger partial charge >= 0.3 is 0 Å². The van der Waals surface area contributed by atoms with Gasteiger partial charge < -0.3 is 15.5 Å². The van der Waals surface area contributed by atoms with Crippen LogP contribution in [-0.2, 0) is 4.79 Å². The Morgan fingerprint density at radius 3 is 2.70 bits per heavy atom. The van der Waals surface area contributed by atoms with Gasteiger partial charge in [0.1, 0.15) is 10.3 Å². The molecular formula is C24H26ClN5O2S. The number of fused-ring (bicyclic) bond motifs is 1. The number of piperidine rings is 1. The van der Waals surface area contributed by atoms with Crippen LogP contribution in [0.25, 0.3) is 21.6 Å². The fourth-order valence-corrected chi connectivity index (χ4v) is 5.10. The molecule has 7 nitrogen and oxygen atoms in total. The van der Waals surface area contributed by atoms with Crippen molar-refractivity contribution in [3.8, 4) is 11.3 Å². The second kappa shape index (κ2) is 9.75. The van der Waals surface area contributed by atoms with Crippen LogP contribution in [0.3, 0.4) is 0 Å². The summed E-state index contributed by atoms with van der Waals surface area (Å²) in [5.74, 6) is 0.0262. The summed E-state index contributed by atoms with van der Waals surface area (Å²) in [6, 6.07) is 8.95. The van der Waals surface area contributed by atoms with Crippen LogP contribution >= 0.6 is 22.9 Å². The Labute approximate surface area is 201 Å². The molecular weight excluding hydrogens is 458 g/mol. The van der Waals surface area contributed by atoms with Gasteiger partial charge in [0.25, 0.3) is 5.91 Å². The van der Waals surface area contributed by atoms with Gasteiger partial charge in [-0.2, -0.15) is 0 Å². The highest BCUT2D eigenvalue weighted by Crippen LogP contribution is 2.34. The molecule has 1 aromatic carbocycles. The van der Waals surface area contributed by atoms with Crippen molar-refractivity contribution < 1.29 is 9.59 Å². The average Bonchev–Trinajstić information content (AvgIpc) is 3.60. The van der Waals surface area contributed by atoms with Crippen LogP contribution < -0.4 is 10.6 Å². The Kier molecular flexibility index (Phi) is 6.57. The highest BCUT2D eigenvalue weighted by molar-refractivity contribution is 7.22. The number of hydrogen-bond acceptors (Lipinski definition) is 6. The fourth-order valence-electron chi connectivity index (χ4n) is 4.05. The molecule has 1 saturated heterocycles. The number of pyridine rings is 1. The molecule has 1 saturated carbocycles. The lowest BCUT2D eigenvalue weighted by molar-refractivity contribution is -0.117. The van der Waals surface area contributed by atoms with Crippen molar-refractivity contribution in [3.63, 3.8) is 0 Å². The zero-order valence-corrected chi connectivity index (χ0v) is 19.8. The smallest absolute Gasteiger partial charge is 0.251 e. The van der Waals surface area contributed by atoms with Gasteiger partial charge in [-0.15, -0.1) is 0 Å². The largest absolute Gasteiger partial charge is 0.351 e. The normalized spacial score (nSPS) is 16.6. The molecule has 2 aromatic heterocycles. The number of carbonyl (C=O) groups excluding carboxylic acids is 2. The molecule has 3 aromatic rings. The van der Waals surface area contributed by atoms with Gasteiger partial charge in [0.05, 0.1) is 10.7 Å². The van der Waals surface area contributed by atoms with E-state index in [2.05, 4.69) is 20.5 Å². The van der Waals surface area contributed by atoms with E-state index in [9.17, 15) is 9.59 Å². The molecule has 0 unspecified atom stereocenters. The van der Waals surface area contributed by atoms with Gasteiger partial charge in [0.2, 0.25) is 5.91 Å². The Morgan fingerprint density at radius 2 is 1.91 bits per heavy atom. The van der Waals surface area contributed by atoms with E-state index in [-0.39, 0.29) is 17.7 Å². The second-order valence-electron chi connectivity index (χ2n) is 8.66. The lowest BCUT2D eigenvalue weighted by Crippen LogP contribution is -2.37. The Hall–Kier alpha value is -2.55. The third-order valence-electron chi connectivity index (χ3n) is 6.10. The molecule has 0 radical (unpaired) electrons. The van der Waals surface area contributed by atoms with Crippen LogP contribution in [0.15, 0.2) is 30.3 Å². The summed E-state index contributed by atoms with van der Waals surface area (Å²) in [6.07, 6.45) is 5.66. The molecule has 2 fully saturated rings. The summed E-state index contributed by atoms with van der Waals surface area (Å²) in [5.41, 5.74) is 2.63. The monoisotopic (exact) mass is 483 g/mol. The van der Waals surface area contributed by atoms with E-state index >= 15 is 0 Å². The van der Waals surface area contributed by atoms with Crippen LogP contribution in [0.4, 0.5) is 5.13 Å². The summed E-state index contributed by atoms with van der Waals surface area (Å²) in [5, 5.41) is 6.98. The standard InChI is InChI=1S/C24H26ClN5O2S/c25-18-7-6-16(21(31)26-10-13-30-11-2-1-3-12-30)14-17(18)19-8-9-20-23(27-19)33-24(28-20)29-22(32)15-4-5-15/h6-9,14-15H,1-5,10-13H2,(H,26,31)(H,28,29,32). The first kappa shape index (κ1) is 22.3. The van der Waals surface area contributed by atoms with E-state index in [1.165, 1.54) is 30.6 Å². The Morgan fingerprint density at radius 1 is 1.09 bits per heavy atom. The van der Waals surface area contributed by atoms with Crippen molar-refractivity contribution in [1.29, 1.82) is 0 Å². The van der Waals surface area contributed by atoms with E-state index in [0.29, 0.717) is 38.4 Å². The first-order valence-corrected chi connectivity index (χ1v) is 12.7. The van der Waals surface area contributed by atoms with Gasteiger partial charge in [-0.05, 0) is 69.1 Å². The summed E-state index contributed by atoms with van der Waals surface area (Å²) < 4.78 is 0. The van der Waals surface area contributed by atoms with Gasteiger partial charge in [0, 0.05) is 30.1 Å². The number of halogens is 1. The van der Waals surface area contributed by atoms with Crippen molar-refractivity contribution in [2.24, 2.45) is 5.92 Å². The van der Waals surface area contributed by atoms with Gasteiger partial charge in [-0.1, -0.05) is 29.4 Å². The van der Waals surface area contributed by atoms with Crippen molar-refractivity contribution in [2.75, 3.05) is 31.5 Å². The van der Waals surface area contributed by atoms with Crippen molar-refractivity contribution in [3.05, 3.63) is 40.9 Å². The number of carbonyl (C=O) groups is 2. The predicted molar refractivity (Wildman–Crippen MR) is 132 cm³/mol. The third-order valence-corrected chi connectivity index (χ3v) is 7.31. The molecule has 9 heteroatoms. The van der Waals surface area contributed by atoms with E-state index in [1.54, 1.807) is 18.2 Å². The molecule has 172 valence electrons. The number of rotatable bonds is 7. The van der Waals surface area contributed by atoms with E-state index in [0.717, 1.165) is 38.0 Å². The number of benzene rings is 1. The molecule has 1 aliphatic heterocycles. The Bertz CT molecular complexity index is 1190. The van der Waals surface area contributed by atoms with Crippen LogP contribution in [0.2, 0.25) is 5.02 Å². The van der Waals surface area contributed by atoms with E-state index < -0.39 is 0 Å². The number of thiazole rings is 1. The van der Waals surface area contributed by atoms with Crippen molar-refractivity contribution in [1.82, 2.24) is 20.2 Å². The number of nitrogens with one attached hydrogen (secondary N) is 2. The number of anilines is 1. The molecule has 5 rings (SSSR count). The van der Waals surface area contributed by atoms with Crippen LogP contribution in [0.1, 0.15) is 42.5 Å². The third kappa shape index (κ3) is 5.34. The number of nitrogens with zero attached hydrogens (tertiary/aromatic N) is 3. The molecule has 2 aliphatic rings. The molecule has 2 N–H and O–H groups in total. The molecule has 1 aliphatic carbocycles. The van der Waals surface area contributed by atoms with Crippen molar-refractivity contribution in [2.45, 2.75) is 32.1 Å². The summed E-state index contributed by atoms with van der Waals surface area (Å²) in [6.45, 7) is 3.71. The van der Waals surface area contributed by atoms with E-state index in [4.69, 9.17) is 16.6 Å². The Balaban J connectivity index is 1.29. The first-order valence-electron chi connectivity index (χ1n) is 11.5. The molecule has 33 heavy (non-hydrogen) atoms.